The van der Waals surface area contributed by atoms with Gasteiger partial charge in [-0.1, -0.05) is 48.5 Å². The lowest BCUT2D eigenvalue weighted by Gasteiger charge is -2.26. The highest BCUT2D eigenvalue weighted by Crippen LogP contribution is 2.30. The molecule has 1 aliphatic heterocycles. The highest BCUT2D eigenvalue weighted by molar-refractivity contribution is 7.98. The Bertz CT molecular complexity index is 1180. The van der Waals surface area contributed by atoms with E-state index in [1.54, 1.807) is 24.3 Å². The van der Waals surface area contributed by atoms with Crippen LogP contribution in [0.4, 0.5) is 8.78 Å². The number of aromatic nitrogens is 5. The number of nitrogens with zero attached hydrogens (tertiary/aromatic N) is 6. The van der Waals surface area contributed by atoms with Gasteiger partial charge in [0.15, 0.2) is 11.0 Å². The Morgan fingerprint density at radius 3 is 2.41 bits per heavy atom. The van der Waals surface area contributed by atoms with Gasteiger partial charge in [-0.25, -0.2) is 4.98 Å². The Kier molecular flexibility index (Phi) is 6.18. The molecule has 4 aromatic rings. The number of alkyl halides is 2. The van der Waals surface area contributed by atoms with Gasteiger partial charge < -0.3 is 0 Å². The zero-order valence-corrected chi connectivity index (χ0v) is 18.4. The molecule has 0 spiro atoms. The molecule has 1 aliphatic rings. The van der Waals surface area contributed by atoms with E-state index in [-0.39, 0.29) is 5.75 Å². The van der Waals surface area contributed by atoms with E-state index >= 15 is 0 Å². The van der Waals surface area contributed by atoms with Crippen LogP contribution in [0, 0.1) is 0 Å². The van der Waals surface area contributed by atoms with E-state index in [4.69, 9.17) is 0 Å². The van der Waals surface area contributed by atoms with Crippen molar-refractivity contribution in [3.63, 3.8) is 0 Å². The Labute approximate surface area is 189 Å². The second-order valence-corrected chi connectivity index (χ2v) is 8.80. The first-order valence-corrected chi connectivity index (χ1v) is 11.8. The molecular weight excluding hydrogens is 430 g/mol. The van der Waals surface area contributed by atoms with Crippen LogP contribution in [0.15, 0.2) is 59.8 Å². The molecule has 1 saturated heterocycles. The lowest BCUT2D eigenvalue weighted by molar-refractivity contribution is 0.0722. The smallest absolute Gasteiger partial charge is 0.296 e. The molecule has 166 valence electrons. The monoisotopic (exact) mass is 454 g/mol. The standard InChI is InChI=1S/C23H24F2N6S/c24-22(25)31-19-12-6-5-11-18(19)26-21(31)16-32-23-28-27-20(15-29-13-7-2-8-14-29)30(23)17-9-3-1-4-10-17/h1,3-6,9-12,22H,2,7-8,13-16H2. The van der Waals surface area contributed by atoms with Gasteiger partial charge >= 0.3 is 6.55 Å². The molecule has 0 aliphatic carbocycles. The molecule has 6 nitrogen and oxygen atoms in total. The third-order valence-corrected chi connectivity index (χ3v) is 6.65. The van der Waals surface area contributed by atoms with Crippen LogP contribution in [0.1, 0.15) is 37.5 Å². The van der Waals surface area contributed by atoms with Gasteiger partial charge in [-0.15, -0.1) is 10.2 Å². The molecule has 0 saturated carbocycles. The number of hydrogen-bond donors (Lipinski definition) is 0. The zero-order valence-electron chi connectivity index (χ0n) is 17.6. The first-order valence-electron chi connectivity index (χ1n) is 10.8. The first kappa shape index (κ1) is 21.1. The predicted molar refractivity (Wildman–Crippen MR) is 121 cm³/mol. The van der Waals surface area contributed by atoms with Crippen LogP contribution in [-0.2, 0) is 12.3 Å². The number of rotatable bonds is 7. The maximum absolute atomic E-state index is 13.8. The maximum Gasteiger partial charge on any atom is 0.320 e. The van der Waals surface area contributed by atoms with Crippen molar-refractivity contribution in [2.75, 3.05) is 13.1 Å². The Balaban J connectivity index is 1.45. The normalized spacial score (nSPS) is 15.1. The summed E-state index contributed by atoms with van der Waals surface area (Å²) < 4.78 is 30.6. The molecule has 0 amide bonds. The summed E-state index contributed by atoms with van der Waals surface area (Å²) in [6.07, 6.45) is 3.67. The van der Waals surface area contributed by atoms with Gasteiger partial charge in [0, 0.05) is 5.69 Å². The molecule has 5 rings (SSSR count). The summed E-state index contributed by atoms with van der Waals surface area (Å²) in [6.45, 7) is 0.183. The molecule has 2 aromatic carbocycles. The van der Waals surface area contributed by atoms with Crippen molar-refractivity contribution in [2.45, 2.75) is 43.3 Å². The molecule has 0 bridgehead atoms. The quantitative estimate of drug-likeness (QED) is 0.355. The highest BCUT2D eigenvalue weighted by atomic mass is 32.2. The Morgan fingerprint density at radius 2 is 1.62 bits per heavy atom. The summed E-state index contributed by atoms with van der Waals surface area (Å²) in [4.78, 5) is 6.85. The average molecular weight is 455 g/mol. The fraction of sp³-hybridized carbons (Fsp3) is 0.348. The summed E-state index contributed by atoms with van der Waals surface area (Å²) in [5, 5.41) is 9.58. The number of para-hydroxylation sites is 3. The van der Waals surface area contributed by atoms with Gasteiger partial charge in [0.1, 0.15) is 5.82 Å². The number of hydrogen-bond acceptors (Lipinski definition) is 5. The minimum atomic E-state index is -2.65. The van der Waals surface area contributed by atoms with Crippen molar-refractivity contribution in [1.82, 2.24) is 29.2 Å². The lowest BCUT2D eigenvalue weighted by atomic mass is 10.1. The minimum absolute atomic E-state index is 0.272. The number of halogens is 2. The summed E-state index contributed by atoms with van der Waals surface area (Å²) in [6, 6.07) is 16.9. The van der Waals surface area contributed by atoms with Crippen LogP contribution in [0.2, 0.25) is 0 Å². The summed E-state index contributed by atoms with van der Waals surface area (Å²) >= 11 is 1.38. The minimum Gasteiger partial charge on any atom is -0.296 e. The van der Waals surface area contributed by atoms with Crippen molar-refractivity contribution < 1.29 is 8.78 Å². The van der Waals surface area contributed by atoms with Crippen molar-refractivity contribution in [3.8, 4) is 5.69 Å². The van der Waals surface area contributed by atoms with Crippen LogP contribution >= 0.6 is 11.8 Å². The second-order valence-electron chi connectivity index (χ2n) is 7.86. The average Bonchev–Trinajstić information content (AvgIpc) is 3.39. The maximum atomic E-state index is 13.8. The molecule has 0 N–H and O–H groups in total. The van der Waals surface area contributed by atoms with Crippen LogP contribution < -0.4 is 0 Å². The summed E-state index contributed by atoms with van der Waals surface area (Å²) in [5.74, 6) is 1.46. The van der Waals surface area contributed by atoms with Crippen LogP contribution in [0.5, 0.6) is 0 Å². The molecular formula is C23H24F2N6S. The fourth-order valence-corrected chi connectivity index (χ4v) is 5.09. The van der Waals surface area contributed by atoms with Crippen LogP contribution in [0.25, 0.3) is 16.7 Å². The van der Waals surface area contributed by atoms with Gasteiger partial charge in [-0.05, 0) is 50.2 Å². The van der Waals surface area contributed by atoms with Gasteiger partial charge in [0.25, 0.3) is 0 Å². The molecule has 9 heteroatoms. The molecule has 0 atom stereocenters. The lowest BCUT2D eigenvalue weighted by Crippen LogP contribution is -2.30. The van der Waals surface area contributed by atoms with Crippen molar-refractivity contribution in [3.05, 3.63) is 66.2 Å². The zero-order chi connectivity index (χ0) is 21.9. The highest BCUT2D eigenvalue weighted by Gasteiger charge is 2.21. The molecule has 2 aromatic heterocycles. The topological polar surface area (TPSA) is 51.8 Å². The third-order valence-electron chi connectivity index (χ3n) is 5.72. The largest absolute Gasteiger partial charge is 0.320 e. The van der Waals surface area contributed by atoms with E-state index in [1.807, 2.05) is 34.9 Å². The SMILES string of the molecule is FC(F)n1c(CSc2nnc(CN3CCCCC3)n2-c2ccccc2)nc2ccccc21. The van der Waals surface area contributed by atoms with E-state index in [2.05, 4.69) is 20.1 Å². The fourth-order valence-electron chi connectivity index (χ4n) is 4.19. The van der Waals surface area contributed by atoms with Gasteiger partial charge in [0.2, 0.25) is 0 Å². The third kappa shape index (κ3) is 4.27. The van der Waals surface area contributed by atoms with E-state index in [0.29, 0.717) is 22.0 Å². The molecule has 3 heterocycles. The van der Waals surface area contributed by atoms with Crippen LogP contribution in [-0.4, -0.2) is 42.3 Å². The van der Waals surface area contributed by atoms with Crippen LogP contribution in [0.3, 0.4) is 0 Å². The summed E-state index contributed by atoms with van der Waals surface area (Å²) in [5.41, 5.74) is 1.97. The van der Waals surface area contributed by atoms with E-state index in [0.717, 1.165) is 35.7 Å². The van der Waals surface area contributed by atoms with Gasteiger partial charge in [0.05, 0.1) is 23.3 Å². The van der Waals surface area contributed by atoms with Gasteiger partial charge in [-0.2, -0.15) is 8.78 Å². The molecule has 0 unspecified atom stereocenters. The molecule has 0 radical (unpaired) electrons. The molecule has 32 heavy (non-hydrogen) atoms. The predicted octanol–water partition coefficient (Wildman–Crippen LogP) is 5.29. The van der Waals surface area contributed by atoms with Gasteiger partial charge in [-0.3, -0.25) is 14.0 Å². The van der Waals surface area contributed by atoms with Crippen molar-refractivity contribution in [2.24, 2.45) is 0 Å². The van der Waals surface area contributed by atoms with Crippen molar-refractivity contribution in [1.29, 1.82) is 0 Å². The number of likely N-dealkylation sites (tertiary alicyclic amines) is 1. The Hall–Kier alpha value is -2.78. The van der Waals surface area contributed by atoms with E-state index < -0.39 is 6.55 Å². The number of imidazole rings is 1. The number of thioether (sulfide) groups is 1. The van der Waals surface area contributed by atoms with Crippen molar-refractivity contribution >= 4 is 22.8 Å². The summed E-state index contributed by atoms with van der Waals surface area (Å²) in [7, 11) is 0. The molecule has 1 fully saturated rings. The van der Waals surface area contributed by atoms with E-state index in [1.165, 1.54) is 31.0 Å². The Morgan fingerprint density at radius 1 is 0.875 bits per heavy atom. The second kappa shape index (κ2) is 9.38. The number of piperidine rings is 1. The first-order chi connectivity index (χ1) is 15.7. The number of fused-ring (bicyclic) bond motifs is 1. The number of benzene rings is 2. The van der Waals surface area contributed by atoms with E-state index in [9.17, 15) is 8.78 Å².